The molecule has 0 saturated heterocycles. The van der Waals surface area contributed by atoms with E-state index in [1.165, 1.54) is 20.9 Å². The highest BCUT2D eigenvalue weighted by Gasteiger charge is 2.36. The molecule has 0 saturated carbocycles. The summed E-state index contributed by atoms with van der Waals surface area (Å²) in [6.45, 7) is 2.62. The van der Waals surface area contributed by atoms with Gasteiger partial charge in [0.1, 0.15) is 5.54 Å². The van der Waals surface area contributed by atoms with Gasteiger partial charge in [-0.05, 0) is 26.0 Å². The maximum absolute atomic E-state index is 13.2. The van der Waals surface area contributed by atoms with Crippen LogP contribution in [0.1, 0.15) is 24.2 Å². The standard InChI is InChI=1S/C12H13FN2O5/c1-12(2,11(17)18)14(3)10(16)7-4-5-8(13)9(6-7)15(19)20/h4-6H,1-3H3,(H,17,18). The second-order valence-electron chi connectivity index (χ2n) is 4.65. The minimum Gasteiger partial charge on any atom is -0.480 e. The molecule has 0 radical (unpaired) electrons. The number of halogens is 1. The summed E-state index contributed by atoms with van der Waals surface area (Å²) in [5.41, 5.74) is -2.49. The molecule has 8 heteroatoms. The number of nitro groups is 1. The molecule has 1 aromatic carbocycles. The van der Waals surface area contributed by atoms with Gasteiger partial charge in [-0.25, -0.2) is 4.79 Å². The molecule has 7 nitrogen and oxygen atoms in total. The SMILES string of the molecule is CN(C(=O)c1ccc(F)c([N+](=O)[O-])c1)C(C)(C)C(=O)O. The lowest BCUT2D eigenvalue weighted by Gasteiger charge is -2.31. The summed E-state index contributed by atoms with van der Waals surface area (Å²) in [5, 5.41) is 19.7. The predicted octanol–water partition coefficient (Wildman–Crippen LogP) is 1.67. The quantitative estimate of drug-likeness (QED) is 0.669. The molecule has 0 aliphatic carbocycles. The molecule has 1 amide bonds. The van der Waals surface area contributed by atoms with Crippen molar-refractivity contribution in [3.63, 3.8) is 0 Å². The van der Waals surface area contributed by atoms with Crippen LogP contribution in [0.3, 0.4) is 0 Å². The smallest absolute Gasteiger partial charge is 0.329 e. The summed E-state index contributed by atoms with van der Waals surface area (Å²) in [6, 6.07) is 2.65. The number of aliphatic carboxylic acids is 1. The maximum atomic E-state index is 13.2. The van der Waals surface area contributed by atoms with Crippen LogP contribution < -0.4 is 0 Å². The number of carbonyl (C=O) groups is 2. The van der Waals surface area contributed by atoms with Gasteiger partial charge in [0.25, 0.3) is 5.91 Å². The Bertz CT molecular complexity index is 585. The van der Waals surface area contributed by atoms with E-state index >= 15 is 0 Å². The fourth-order valence-corrected chi connectivity index (χ4v) is 1.38. The third-order valence-corrected chi connectivity index (χ3v) is 3.06. The number of nitrogens with zero attached hydrogens (tertiary/aromatic N) is 2. The number of hydrogen-bond acceptors (Lipinski definition) is 4. The lowest BCUT2D eigenvalue weighted by Crippen LogP contribution is -2.50. The van der Waals surface area contributed by atoms with Gasteiger partial charge in [0.15, 0.2) is 0 Å². The summed E-state index contributed by atoms with van der Waals surface area (Å²) in [5.74, 6) is -3.04. The molecular weight excluding hydrogens is 271 g/mol. The Morgan fingerprint density at radius 2 is 1.95 bits per heavy atom. The Balaban J connectivity index is 3.19. The molecule has 0 spiro atoms. The van der Waals surface area contributed by atoms with Gasteiger partial charge < -0.3 is 10.0 Å². The number of carboxylic acids is 1. The zero-order chi connectivity index (χ0) is 15.7. The normalized spacial score (nSPS) is 11.0. The first-order chi connectivity index (χ1) is 9.09. The van der Waals surface area contributed by atoms with Gasteiger partial charge in [-0.2, -0.15) is 4.39 Å². The molecule has 1 rings (SSSR count). The van der Waals surface area contributed by atoms with E-state index in [9.17, 15) is 24.1 Å². The first kappa shape index (κ1) is 15.5. The van der Waals surface area contributed by atoms with Crippen LogP contribution in [0, 0.1) is 15.9 Å². The summed E-state index contributed by atoms with van der Waals surface area (Å²) in [6.07, 6.45) is 0. The van der Waals surface area contributed by atoms with E-state index in [0.29, 0.717) is 0 Å². The van der Waals surface area contributed by atoms with Gasteiger partial charge in [0.2, 0.25) is 5.82 Å². The Kier molecular flexibility index (Phi) is 4.07. The van der Waals surface area contributed by atoms with E-state index in [-0.39, 0.29) is 5.56 Å². The van der Waals surface area contributed by atoms with E-state index < -0.39 is 33.8 Å². The number of benzene rings is 1. The summed E-state index contributed by atoms with van der Waals surface area (Å²) in [7, 11) is 1.26. The topological polar surface area (TPSA) is 101 Å². The Labute approximate surface area is 113 Å². The van der Waals surface area contributed by atoms with Crippen LogP contribution in [-0.2, 0) is 4.79 Å². The average molecular weight is 284 g/mol. The van der Waals surface area contributed by atoms with E-state index in [0.717, 1.165) is 23.1 Å². The number of nitro benzene ring substituents is 1. The number of amides is 1. The van der Waals surface area contributed by atoms with E-state index in [4.69, 9.17) is 5.11 Å². The van der Waals surface area contributed by atoms with Crippen molar-refractivity contribution in [1.82, 2.24) is 4.90 Å². The molecule has 0 aliphatic heterocycles. The van der Waals surface area contributed by atoms with Crippen molar-refractivity contribution in [2.45, 2.75) is 19.4 Å². The molecular formula is C12H13FN2O5. The van der Waals surface area contributed by atoms with Crippen LogP contribution in [0.4, 0.5) is 10.1 Å². The first-order valence-corrected chi connectivity index (χ1v) is 5.54. The fourth-order valence-electron chi connectivity index (χ4n) is 1.38. The Morgan fingerprint density at radius 3 is 2.40 bits per heavy atom. The van der Waals surface area contributed by atoms with E-state index in [1.54, 1.807) is 0 Å². The molecule has 0 unspecified atom stereocenters. The van der Waals surface area contributed by atoms with Crippen molar-refractivity contribution in [2.75, 3.05) is 7.05 Å². The van der Waals surface area contributed by atoms with Crippen LogP contribution in [0.25, 0.3) is 0 Å². The molecule has 108 valence electrons. The zero-order valence-electron chi connectivity index (χ0n) is 11.1. The van der Waals surface area contributed by atoms with Crippen molar-refractivity contribution in [1.29, 1.82) is 0 Å². The molecule has 1 N–H and O–H groups in total. The van der Waals surface area contributed by atoms with Gasteiger partial charge >= 0.3 is 11.7 Å². The largest absolute Gasteiger partial charge is 0.480 e. The summed E-state index contributed by atoms with van der Waals surface area (Å²) >= 11 is 0. The Hall–Kier alpha value is -2.51. The lowest BCUT2D eigenvalue weighted by molar-refractivity contribution is -0.387. The molecule has 0 fully saturated rings. The van der Waals surface area contributed by atoms with Crippen LogP contribution in [0.15, 0.2) is 18.2 Å². The van der Waals surface area contributed by atoms with E-state index in [2.05, 4.69) is 0 Å². The van der Waals surface area contributed by atoms with Crippen molar-refractivity contribution >= 4 is 17.6 Å². The van der Waals surface area contributed by atoms with Crippen molar-refractivity contribution < 1.29 is 24.0 Å². The number of carboxylic acid groups (broad SMARTS) is 1. The summed E-state index contributed by atoms with van der Waals surface area (Å²) in [4.78, 5) is 33.8. The number of likely N-dealkylation sites (N-methyl/N-ethyl adjacent to an activating group) is 1. The van der Waals surface area contributed by atoms with Gasteiger partial charge in [0, 0.05) is 18.7 Å². The molecule has 20 heavy (non-hydrogen) atoms. The highest BCUT2D eigenvalue weighted by atomic mass is 19.1. The highest BCUT2D eigenvalue weighted by molar-refractivity contribution is 5.97. The van der Waals surface area contributed by atoms with Crippen molar-refractivity contribution in [3.8, 4) is 0 Å². The van der Waals surface area contributed by atoms with Gasteiger partial charge in [0.05, 0.1) is 4.92 Å². The average Bonchev–Trinajstić information content (AvgIpc) is 2.36. The summed E-state index contributed by atoms with van der Waals surface area (Å²) < 4.78 is 13.2. The van der Waals surface area contributed by atoms with Gasteiger partial charge in [-0.15, -0.1) is 0 Å². The molecule has 1 aromatic rings. The van der Waals surface area contributed by atoms with Crippen molar-refractivity contribution in [3.05, 3.63) is 39.7 Å². The molecule has 0 atom stereocenters. The number of carbonyl (C=O) groups excluding carboxylic acids is 1. The molecule has 0 bridgehead atoms. The first-order valence-electron chi connectivity index (χ1n) is 5.54. The highest BCUT2D eigenvalue weighted by Crippen LogP contribution is 2.22. The maximum Gasteiger partial charge on any atom is 0.329 e. The van der Waals surface area contributed by atoms with Crippen LogP contribution in [0.5, 0.6) is 0 Å². The molecule has 0 aromatic heterocycles. The van der Waals surface area contributed by atoms with E-state index in [1.807, 2.05) is 0 Å². The zero-order valence-corrected chi connectivity index (χ0v) is 11.1. The monoisotopic (exact) mass is 284 g/mol. The lowest BCUT2D eigenvalue weighted by atomic mass is 10.0. The molecule has 0 aliphatic rings. The minimum atomic E-state index is -1.50. The second kappa shape index (κ2) is 5.24. The Morgan fingerprint density at radius 1 is 1.40 bits per heavy atom. The number of hydrogen-bond donors (Lipinski definition) is 1. The minimum absolute atomic E-state index is 0.157. The predicted molar refractivity (Wildman–Crippen MR) is 66.9 cm³/mol. The fraction of sp³-hybridized carbons (Fsp3) is 0.333. The third-order valence-electron chi connectivity index (χ3n) is 3.06. The van der Waals surface area contributed by atoms with Crippen molar-refractivity contribution in [2.24, 2.45) is 0 Å². The molecule has 0 heterocycles. The second-order valence-corrected chi connectivity index (χ2v) is 4.65. The van der Waals surface area contributed by atoms with Crippen LogP contribution in [-0.4, -0.2) is 39.4 Å². The van der Waals surface area contributed by atoms with Gasteiger partial charge in [-0.3, -0.25) is 14.9 Å². The third kappa shape index (κ3) is 2.73. The van der Waals surface area contributed by atoms with Crippen LogP contribution >= 0.6 is 0 Å². The van der Waals surface area contributed by atoms with Crippen LogP contribution in [0.2, 0.25) is 0 Å². The number of rotatable bonds is 4. The van der Waals surface area contributed by atoms with Gasteiger partial charge in [-0.1, -0.05) is 0 Å².